The fraction of sp³-hybridized carbons (Fsp3) is 0.385. The molecule has 0 aliphatic heterocycles. The molecule has 1 unspecified atom stereocenters. The number of rotatable bonds is 4. The van der Waals surface area contributed by atoms with Gasteiger partial charge >= 0.3 is 0 Å². The third kappa shape index (κ3) is 2.45. The first-order valence-corrected chi connectivity index (χ1v) is 5.96. The molecule has 5 heteroatoms. The molecule has 0 saturated carbocycles. The van der Waals surface area contributed by atoms with Crippen LogP contribution in [-0.4, -0.2) is 32.6 Å². The predicted molar refractivity (Wildman–Crippen MR) is 68.9 cm³/mol. The monoisotopic (exact) mass is 246 g/mol. The minimum absolute atomic E-state index is 0.0896. The van der Waals surface area contributed by atoms with Gasteiger partial charge in [-0.1, -0.05) is 0 Å². The van der Waals surface area contributed by atoms with Crippen molar-refractivity contribution in [2.45, 2.75) is 26.4 Å². The Labute approximate surface area is 106 Å². The highest BCUT2D eigenvalue weighted by atomic mass is 16.2. The van der Waals surface area contributed by atoms with Crippen LogP contribution in [0.2, 0.25) is 0 Å². The molecule has 0 fully saturated rings. The molecule has 2 rings (SSSR count). The maximum atomic E-state index is 12.3. The number of likely N-dealkylation sites (N-methyl/N-ethyl adjacent to an activating group) is 1. The first-order chi connectivity index (χ1) is 8.59. The van der Waals surface area contributed by atoms with E-state index in [0.29, 0.717) is 6.54 Å². The summed E-state index contributed by atoms with van der Waals surface area (Å²) in [5.74, 6) is 0.0896. The second-order valence-corrected chi connectivity index (χ2v) is 4.52. The molecule has 2 aromatic heterocycles. The van der Waals surface area contributed by atoms with Crippen molar-refractivity contribution in [1.29, 1.82) is 0 Å². The van der Waals surface area contributed by atoms with Gasteiger partial charge < -0.3 is 9.47 Å². The fourth-order valence-electron chi connectivity index (χ4n) is 1.92. The largest absolute Gasteiger partial charge is 0.342 e. The summed E-state index contributed by atoms with van der Waals surface area (Å²) in [6.07, 6.45) is 5.57. The Bertz CT molecular complexity index is 515. The molecule has 0 bridgehead atoms. The summed E-state index contributed by atoms with van der Waals surface area (Å²) in [6.45, 7) is 4.43. The highest BCUT2D eigenvalue weighted by molar-refractivity contribution is 5.79. The van der Waals surface area contributed by atoms with Crippen molar-refractivity contribution in [1.82, 2.24) is 19.7 Å². The number of nitrogens with one attached hydrogen (secondary N) is 1. The van der Waals surface area contributed by atoms with Crippen LogP contribution in [-0.2, 0) is 11.3 Å². The Hall–Kier alpha value is -2.04. The van der Waals surface area contributed by atoms with Gasteiger partial charge in [0.05, 0.1) is 6.20 Å². The zero-order chi connectivity index (χ0) is 13.1. The van der Waals surface area contributed by atoms with Gasteiger partial charge in [0.1, 0.15) is 6.04 Å². The van der Waals surface area contributed by atoms with Crippen LogP contribution in [0.15, 0.2) is 30.7 Å². The van der Waals surface area contributed by atoms with E-state index >= 15 is 0 Å². The minimum atomic E-state index is -0.183. The fourth-order valence-corrected chi connectivity index (χ4v) is 1.92. The third-order valence-corrected chi connectivity index (χ3v) is 3.15. The number of hydrogen-bond acceptors (Lipinski definition) is 2. The quantitative estimate of drug-likeness (QED) is 0.893. The van der Waals surface area contributed by atoms with Crippen LogP contribution < -0.4 is 0 Å². The summed E-state index contributed by atoms with van der Waals surface area (Å²) in [7, 11) is 1.81. The van der Waals surface area contributed by atoms with Gasteiger partial charge in [0.15, 0.2) is 0 Å². The second kappa shape index (κ2) is 5.08. The number of aromatic amines is 1. The molecule has 0 spiro atoms. The molecule has 1 N–H and O–H groups in total. The lowest BCUT2D eigenvalue weighted by atomic mass is 10.2. The molecule has 1 amide bonds. The summed E-state index contributed by atoms with van der Waals surface area (Å²) in [6, 6.07) is 3.66. The van der Waals surface area contributed by atoms with Crippen molar-refractivity contribution in [3.63, 3.8) is 0 Å². The number of aromatic nitrogens is 3. The standard InChI is InChI=1S/C13H18N4O/c1-10-12(8-14-15-10)9-16(3)13(18)11(2)17-6-4-5-7-17/h4-8,11H,9H2,1-3H3,(H,14,15). The van der Waals surface area contributed by atoms with Crippen molar-refractivity contribution in [2.75, 3.05) is 7.05 Å². The molecule has 0 saturated heterocycles. The summed E-state index contributed by atoms with van der Waals surface area (Å²) in [5, 5.41) is 6.84. The van der Waals surface area contributed by atoms with E-state index < -0.39 is 0 Å². The van der Waals surface area contributed by atoms with E-state index in [1.165, 1.54) is 0 Å². The van der Waals surface area contributed by atoms with Gasteiger partial charge in [0.2, 0.25) is 5.91 Å². The van der Waals surface area contributed by atoms with Crippen molar-refractivity contribution in [3.8, 4) is 0 Å². The maximum absolute atomic E-state index is 12.3. The van der Waals surface area contributed by atoms with E-state index in [-0.39, 0.29) is 11.9 Å². The highest BCUT2D eigenvalue weighted by Gasteiger charge is 2.19. The van der Waals surface area contributed by atoms with E-state index in [0.717, 1.165) is 11.3 Å². The lowest BCUT2D eigenvalue weighted by molar-refractivity contribution is -0.133. The highest BCUT2D eigenvalue weighted by Crippen LogP contribution is 2.12. The molecule has 2 aromatic rings. The van der Waals surface area contributed by atoms with Gasteiger partial charge in [-0.3, -0.25) is 9.89 Å². The molecule has 0 aromatic carbocycles. The first-order valence-electron chi connectivity index (χ1n) is 5.96. The van der Waals surface area contributed by atoms with Crippen LogP contribution in [0.3, 0.4) is 0 Å². The van der Waals surface area contributed by atoms with Gasteiger partial charge in [-0.25, -0.2) is 0 Å². The molecular weight excluding hydrogens is 228 g/mol. The summed E-state index contributed by atoms with van der Waals surface area (Å²) >= 11 is 0. The number of carbonyl (C=O) groups excluding carboxylic acids is 1. The van der Waals surface area contributed by atoms with Gasteiger partial charge in [-0.05, 0) is 26.0 Å². The SMILES string of the molecule is Cc1[nH]ncc1CN(C)C(=O)C(C)n1cccc1. The Morgan fingerprint density at radius 2 is 2.17 bits per heavy atom. The normalized spacial score (nSPS) is 12.4. The smallest absolute Gasteiger partial charge is 0.245 e. The van der Waals surface area contributed by atoms with E-state index in [2.05, 4.69) is 10.2 Å². The third-order valence-electron chi connectivity index (χ3n) is 3.15. The zero-order valence-corrected chi connectivity index (χ0v) is 10.9. The summed E-state index contributed by atoms with van der Waals surface area (Å²) in [4.78, 5) is 14.0. The van der Waals surface area contributed by atoms with Crippen molar-refractivity contribution >= 4 is 5.91 Å². The van der Waals surface area contributed by atoms with Crippen LogP contribution in [0, 0.1) is 6.92 Å². The molecule has 1 atom stereocenters. The number of hydrogen-bond donors (Lipinski definition) is 1. The molecule has 2 heterocycles. The van der Waals surface area contributed by atoms with Crippen LogP contribution in [0.1, 0.15) is 24.2 Å². The Morgan fingerprint density at radius 1 is 1.50 bits per heavy atom. The molecule has 0 aliphatic rings. The maximum Gasteiger partial charge on any atom is 0.245 e. The average molecular weight is 246 g/mol. The van der Waals surface area contributed by atoms with E-state index in [1.54, 1.807) is 11.1 Å². The Morgan fingerprint density at radius 3 is 2.72 bits per heavy atom. The van der Waals surface area contributed by atoms with E-state index in [4.69, 9.17) is 0 Å². The van der Waals surface area contributed by atoms with Crippen molar-refractivity contribution in [3.05, 3.63) is 42.0 Å². The van der Waals surface area contributed by atoms with Crippen LogP contribution >= 0.6 is 0 Å². The Balaban J connectivity index is 2.03. The summed E-state index contributed by atoms with van der Waals surface area (Å²) < 4.78 is 1.90. The average Bonchev–Trinajstić information content (AvgIpc) is 3.00. The predicted octanol–water partition coefficient (Wildman–Crippen LogP) is 1.74. The van der Waals surface area contributed by atoms with Crippen molar-refractivity contribution < 1.29 is 4.79 Å². The van der Waals surface area contributed by atoms with Crippen molar-refractivity contribution in [2.24, 2.45) is 0 Å². The summed E-state index contributed by atoms with van der Waals surface area (Å²) in [5.41, 5.74) is 2.05. The molecule has 0 radical (unpaired) electrons. The molecule has 5 nitrogen and oxygen atoms in total. The topological polar surface area (TPSA) is 53.9 Å². The lowest BCUT2D eigenvalue weighted by Crippen LogP contribution is -2.32. The zero-order valence-electron chi connectivity index (χ0n) is 10.9. The Kier molecular flexibility index (Phi) is 3.50. The second-order valence-electron chi connectivity index (χ2n) is 4.52. The number of H-pyrrole nitrogens is 1. The van der Waals surface area contributed by atoms with E-state index in [1.807, 2.05) is 50.0 Å². The molecule has 0 aliphatic carbocycles. The molecule has 18 heavy (non-hydrogen) atoms. The van der Waals surface area contributed by atoms with Gasteiger partial charge in [-0.15, -0.1) is 0 Å². The van der Waals surface area contributed by atoms with E-state index in [9.17, 15) is 4.79 Å². The van der Waals surface area contributed by atoms with Crippen LogP contribution in [0.25, 0.3) is 0 Å². The number of nitrogens with zero attached hydrogens (tertiary/aromatic N) is 3. The van der Waals surface area contributed by atoms with Gasteiger partial charge in [0, 0.05) is 37.2 Å². The lowest BCUT2D eigenvalue weighted by Gasteiger charge is -2.22. The van der Waals surface area contributed by atoms with Gasteiger partial charge in [-0.2, -0.15) is 5.10 Å². The number of carbonyl (C=O) groups is 1. The molecule has 96 valence electrons. The van der Waals surface area contributed by atoms with Gasteiger partial charge in [0.25, 0.3) is 0 Å². The first kappa shape index (κ1) is 12.4. The number of amides is 1. The molecular formula is C13H18N4O. The number of aryl methyl sites for hydroxylation is 1. The van der Waals surface area contributed by atoms with Crippen LogP contribution in [0.5, 0.6) is 0 Å². The minimum Gasteiger partial charge on any atom is -0.342 e. The van der Waals surface area contributed by atoms with Crippen LogP contribution in [0.4, 0.5) is 0 Å².